The summed E-state index contributed by atoms with van der Waals surface area (Å²) in [5.41, 5.74) is 6.46. The molecule has 0 aliphatic rings. The summed E-state index contributed by atoms with van der Waals surface area (Å²) in [6.45, 7) is 0.289. The molecule has 1 amide bonds. The second-order valence-corrected chi connectivity index (χ2v) is 4.21. The molecule has 3 N–H and O–H groups in total. The maximum absolute atomic E-state index is 11.9. The lowest BCUT2D eigenvalue weighted by atomic mass is 10.1. The molecule has 1 heterocycles. The molecule has 0 bridgehead atoms. The Morgan fingerprint density at radius 2 is 2.33 bits per heavy atom. The minimum Gasteiger partial charge on any atom is -0.398 e. The molecular weight excluding hydrogens is 254 g/mol. The van der Waals surface area contributed by atoms with Crippen molar-refractivity contribution in [1.82, 2.24) is 20.1 Å². The maximum atomic E-state index is 11.9. The normalized spacial score (nSPS) is 10.3. The van der Waals surface area contributed by atoms with Gasteiger partial charge < -0.3 is 15.6 Å². The molecule has 0 radical (unpaired) electrons. The third-order valence-corrected chi connectivity index (χ3v) is 2.71. The predicted octanol–water partition coefficient (Wildman–Crippen LogP) is 0.981. The number of nitrogens with one attached hydrogen (secondary N) is 1. The van der Waals surface area contributed by atoms with Crippen LogP contribution in [0.4, 0.5) is 5.69 Å². The van der Waals surface area contributed by atoms with Crippen molar-refractivity contribution in [3.8, 4) is 0 Å². The number of anilines is 1. The van der Waals surface area contributed by atoms with Gasteiger partial charge in [0.15, 0.2) is 5.82 Å². The van der Waals surface area contributed by atoms with Crippen LogP contribution in [-0.4, -0.2) is 20.7 Å². The molecule has 1 aromatic carbocycles. The van der Waals surface area contributed by atoms with Crippen molar-refractivity contribution < 1.29 is 4.79 Å². The second-order valence-electron chi connectivity index (χ2n) is 3.77. The first-order valence-corrected chi connectivity index (χ1v) is 5.62. The van der Waals surface area contributed by atoms with Gasteiger partial charge in [0.2, 0.25) is 0 Å². The molecule has 0 saturated heterocycles. The zero-order valence-electron chi connectivity index (χ0n) is 9.72. The largest absolute Gasteiger partial charge is 0.398 e. The van der Waals surface area contributed by atoms with E-state index in [0.717, 1.165) is 0 Å². The van der Waals surface area contributed by atoms with Crippen molar-refractivity contribution in [2.24, 2.45) is 7.05 Å². The van der Waals surface area contributed by atoms with Gasteiger partial charge in [-0.15, -0.1) is 10.2 Å². The van der Waals surface area contributed by atoms with Gasteiger partial charge in [-0.05, 0) is 18.2 Å². The van der Waals surface area contributed by atoms with Gasteiger partial charge in [-0.25, -0.2) is 0 Å². The van der Waals surface area contributed by atoms with Crippen LogP contribution < -0.4 is 11.1 Å². The summed E-state index contributed by atoms with van der Waals surface area (Å²) in [6, 6.07) is 4.75. The summed E-state index contributed by atoms with van der Waals surface area (Å²) in [4.78, 5) is 11.9. The Labute approximate surface area is 109 Å². The van der Waals surface area contributed by atoms with Crippen LogP contribution in [0.1, 0.15) is 16.2 Å². The molecule has 0 spiro atoms. The van der Waals surface area contributed by atoms with Crippen molar-refractivity contribution >= 4 is 23.2 Å². The van der Waals surface area contributed by atoms with Gasteiger partial charge in [-0.2, -0.15) is 0 Å². The number of hydrogen-bond acceptors (Lipinski definition) is 4. The molecule has 6 nitrogen and oxygen atoms in total. The fraction of sp³-hybridized carbons (Fsp3) is 0.182. The van der Waals surface area contributed by atoms with Gasteiger partial charge in [-0.3, -0.25) is 4.79 Å². The zero-order chi connectivity index (χ0) is 13.1. The topological polar surface area (TPSA) is 85.8 Å². The average Bonchev–Trinajstić information content (AvgIpc) is 2.72. The second kappa shape index (κ2) is 5.05. The van der Waals surface area contributed by atoms with Crippen LogP contribution in [0.25, 0.3) is 0 Å². The van der Waals surface area contributed by atoms with E-state index in [9.17, 15) is 4.79 Å². The number of amides is 1. The Bertz CT molecular complexity index is 581. The Morgan fingerprint density at radius 1 is 1.56 bits per heavy atom. The summed E-state index contributed by atoms with van der Waals surface area (Å²) < 4.78 is 1.73. The molecule has 0 atom stereocenters. The number of carbonyl (C=O) groups excluding carboxylic acids is 1. The molecule has 94 valence electrons. The van der Waals surface area contributed by atoms with Crippen LogP contribution in [0.3, 0.4) is 0 Å². The minimum absolute atomic E-state index is 0.271. The Hall–Kier alpha value is -2.08. The number of rotatable bonds is 3. The lowest BCUT2D eigenvalue weighted by Crippen LogP contribution is -2.25. The van der Waals surface area contributed by atoms with Crippen LogP contribution in [0.15, 0.2) is 24.5 Å². The third kappa shape index (κ3) is 2.60. The number of carbonyl (C=O) groups is 1. The van der Waals surface area contributed by atoms with Crippen molar-refractivity contribution in [1.29, 1.82) is 0 Å². The average molecular weight is 266 g/mol. The summed E-state index contributed by atoms with van der Waals surface area (Å²) >= 11 is 5.77. The van der Waals surface area contributed by atoms with Crippen molar-refractivity contribution in [3.05, 3.63) is 40.9 Å². The number of nitrogen functional groups attached to an aromatic ring is 1. The highest BCUT2D eigenvalue weighted by atomic mass is 35.5. The zero-order valence-corrected chi connectivity index (χ0v) is 10.5. The minimum atomic E-state index is -0.271. The van der Waals surface area contributed by atoms with Crippen molar-refractivity contribution in [2.45, 2.75) is 6.54 Å². The van der Waals surface area contributed by atoms with Crippen LogP contribution in [0.5, 0.6) is 0 Å². The van der Waals surface area contributed by atoms with E-state index in [-0.39, 0.29) is 12.5 Å². The molecule has 1 aromatic heterocycles. The van der Waals surface area contributed by atoms with E-state index >= 15 is 0 Å². The quantitative estimate of drug-likeness (QED) is 0.810. The number of hydrogen-bond donors (Lipinski definition) is 2. The number of nitrogens with two attached hydrogens (primary N) is 1. The van der Waals surface area contributed by atoms with E-state index in [1.165, 1.54) is 0 Å². The molecule has 0 fully saturated rings. The first kappa shape index (κ1) is 12.4. The molecule has 18 heavy (non-hydrogen) atoms. The summed E-state index contributed by atoms with van der Waals surface area (Å²) in [5.74, 6) is 0.392. The van der Waals surface area contributed by atoms with Gasteiger partial charge in [0.05, 0.1) is 12.1 Å². The fourth-order valence-electron chi connectivity index (χ4n) is 1.46. The molecule has 0 unspecified atom stereocenters. The van der Waals surface area contributed by atoms with Crippen LogP contribution in [0.2, 0.25) is 5.02 Å². The van der Waals surface area contributed by atoms with Crippen molar-refractivity contribution in [3.63, 3.8) is 0 Å². The lowest BCUT2D eigenvalue weighted by molar-refractivity contribution is 0.0950. The fourth-order valence-corrected chi connectivity index (χ4v) is 1.64. The maximum Gasteiger partial charge on any atom is 0.253 e. The van der Waals surface area contributed by atoms with Crippen LogP contribution in [0, 0.1) is 0 Å². The van der Waals surface area contributed by atoms with E-state index in [0.29, 0.717) is 22.1 Å². The SMILES string of the molecule is Cn1cnnc1CNC(=O)c1ccc(Cl)cc1N. The predicted molar refractivity (Wildman–Crippen MR) is 68.0 cm³/mol. The number of benzene rings is 1. The van der Waals surface area contributed by atoms with E-state index < -0.39 is 0 Å². The Morgan fingerprint density at radius 3 is 2.94 bits per heavy atom. The van der Waals surface area contributed by atoms with Crippen LogP contribution in [-0.2, 0) is 13.6 Å². The smallest absolute Gasteiger partial charge is 0.253 e. The van der Waals surface area contributed by atoms with Crippen molar-refractivity contribution in [2.75, 3.05) is 5.73 Å². The summed E-state index contributed by atoms with van der Waals surface area (Å²) in [6.07, 6.45) is 1.57. The first-order valence-electron chi connectivity index (χ1n) is 5.24. The van der Waals surface area contributed by atoms with Gasteiger partial charge in [0.1, 0.15) is 6.33 Å². The molecule has 0 aliphatic carbocycles. The highest BCUT2D eigenvalue weighted by Crippen LogP contribution is 2.17. The highest BCUT2D eigenvalue weighted by Gasteiger charge is 2.10. The molecule has 7 heteroatoms. The van der Waals surface area contributed by atoms with Crippen LogP contribution >= 0.6 is 11.6 Å². The molecule has 2 rings (SSSR count). The number of nitrogens with zero attached hydrogens (tertiary/aromatic N) is 3. The molecular formula is C11H12ClN5O. The number of halogens is 1. The van der Waals surface area contributed by atoms with Gasteiger partial charge >= 0.3 is 0 Å². The van der Waals surface area contributed by atoms with Gasteiger partial charge in [0.25, 0.3) is 5.91 Å². The molecule has 0 saturated carbocycles. The number of aryl methyl sites for hydroxylation is 1. The molecule has 2 aromatic rings. The van der Waals surface area contributed by atoms with Gasteiger partial charge in [-0.1, -0.05) is 11.6 Å². The van der Waals surface area contributed by atoms with E-state index in [1.54, 1.807) is 36.1 Å². The Kier molecular flexibility index (Phi) is 3.47. The lowest BCUT2D eigenvalue weighted by Gasteiger charge is -2.07. The highest BCUT2D eigenvalue weighted by molar-refractivity contribution is 6.31. The number of aromatic nitrogens is 3. The van der Waals surface area contributed by atoms with E-state index in [2.05, 4.69) is 15.5 Å². The summed E-state index contributed by atoms with van der Waals surface area (Å²) in [7, 11) is 1.80. The third-order valence-electron chi connectivity index (χ3n) is 2.47. The summed E-state index contributed by atoms with van der Waals surface area (Å²) in [5, 5.41) is 10.8. The standard InChI is InChI=1S/C11H12ClN5O/c1-17-6-15-16-10(17)5-14-11(18)8-3-2-7(12)4-9(8)13/h2-4,6H,5,13H2,1H3,(H,14,18). The monoisotopic (exact) mass is 265 g/mol. The Balaban J connectivity index is 2.06. The van der Waals surface area contributed by atoms with E-state index in [1.807, 2.05) is 0 Å². The molecule has 0 aliphatic heterocycles. The first-order chi connectivity index (χ1) is 8.58. The van der Waals surface area contributed by atoms with Gasteiger partial charge in [0, 0.05) is 17.8 Å². The van der Waals surface area contributed by atoms with E-state index in [4.69, 9.17) is 17.3 Å².